The van der Waals surface area contributed by atoms with E-state index in [1.54, 1.807) is 11.3 Å². The number of rotatable bonds is 4. The molecule has 1 aromatic rings. The van der Waals surface area contributed by atoms with Crippen LogP contribution in [0.2, 0.25) is 0 Å². The van der Waals surface area contributed by atoms with Gasteiger partial charge < -0.3 is 5.32 Å². The Morgan fingerprint density at radius 2 is 2.50 bits per heavy atom. The number of aromatic nitrogens is 1. The first kappa shape index (κ1) is 11.7. The fourth-order valence-electron chi connectivity index (χ4n) is 1.03. The van der Waals surface area contributed by atoms with Crippen molar-refractivity contribution in [2.75, 3.05) is 5.33 Å². The summed E-state index contributed by atoms with van der Waals surface area (Å²) in [5, 5.41) is 4.55. The van der Waals surface area contributed by atoms with Crippen LogP contribution in [0, 0.1) is 6.92 Å². The highest BCUT2D eigenvalue weighted by molar-refractivity contribution is 9.09. The standard InChI is InChI=1S/C9H13BrN2OS/c1-6-5-11-9(14-6)7(2)12-8(13)3-4-10/h5,7H,3-4H2,1-2H3,(H,12,13). The molecular weight excluding hydrogens is 264 g/mol. The average Bonchev–Trinajstić information content (AvgIpc) is 2.52. The Kier molecular flexibility index (Phi) is 4.54. The molecule has 0 aliphatic rings. The van der Waals surface area contributed by atoms with Crippen molar-refractivity contribution in [3.63, 3.8) is 0 Å². The van der Waals surface area contributed by atoms with E-state index in [1.807, 2.05) is 20.0 Å². The molecule has 0 aliphatic heterocycles. The minimum absolute atomic E-state index is 0.0141. The van der Waals surface area contributed by atoms with Crippen molar-refractivity contribution in [3.05, 3.63) is 16.1 Å². The Bertz CT molecular complexity index is 314. The van der Waals surface area contributed by atoms with Crippen molar-refractivity contribution >= 4 is 33.2 Å². The van der Waals surface area contributed by atoms with E-state index in [4.69, 9.17) is 0 Å². The van der Waals surface area contributed by atoms with E-state index >= 15 is 0 Å². The van der Waals surface area contributed by atoms with E-state index in [-0.39, 0.29) is 11.9 Å². The van der Waals surface area contributed by atoms with Crippen LogP contribution in [0.4, 0.5) is 0 Å². The van der Waals surface area contributed by atoms with Crippen LogP contribution in [-0.4, -0.2) is 16.2 Å². The van der Waals surface area contributed by atoms with Crippen LogP contribution in [0.1, 0.15) is 29.3 Å². The highest BCUT2D eigenvalue weighted by Crippen LogP contribution is 2.18. The Labute approximate surface area is 96.1 Å². The van der Waals surface area contributed by atoms with E-state index in [1.165, 1.54) is 4.88 Å². The number of hydrogen-bond acceptors (Lipinski definition) is 3. The molecule has 0 spiro atoms. The molecule has 1 atom stereocenters. The van der Waals surface area contributed by atoms with Crippen molar-refractivity contribution in [3.8, 4) is 0 Å². The summed E-state index contributed by atoms with van der Waals surface area (Å²) in [6.45, 7) is 3.96. The van der Waals surface area contributed by atoms with Crippen LogP contribution >= 0.6 is 27.3 Å². The number of alkyl halides is 1. The van der Waals surface area contributed by atoms with Gasteiger partial charge in [-0.05, 0) is 13.8 Å². The van der Waals surface area contributed by atoms with Crippen LogP contribution < -0.4 is 5.32 Å². The summed E-state index contributed by atoms with van der Waals surface area (Å²) >= 11 is 4.84. The third-order valence-corrected chi connectivity index (χ3v) is 3.20. The molecule has 0 radical (unpaired) electrons. The van der Waals surface area contributed by atoms with Crippen LogP contribution in [0.3, 0.4) is 0 Å². The average molecular weight is 277 g/mol. The van der Waals surface area contributed by atoms with E-state index in [2.05, 4.69) is 26.2 Å². The minimum Gasteiger partial charge on any atom is -0.347 e. The molecule has 14 heavy (non-hydrogen) atoms. The number of hydrogen-bond donors (Lipinski definition) is 1. The van der Waals surface area contributed by atoms with Gasteiger partial charge in [0.25, 0.3) is 0 Å². The summed E-state index contributed by atoms with van der Waals surface area (Å²) < 4.78 is 0. The lowest BCUT2D eigenvalue weighted by molar-refractivity contribution is -0.121. The van der Waals surface area contributed by atoms with Gasteiger partial charge in [-0.3, -0.25) is 4.79 Å². The number of nitrogens with zero attached hydrogens (tertiary/aromatic N) is 1. The van der Waals surface area contributed by atoms with Gasteiger partial charge in [-0.15, -0.1) is 11.3 Å². The molecule has 1 aromatic heterocycles. The van der Waals surface area contributed by atoms with Gasteiger partial charge in [0.15, 0.2) is 0 Å². The smallest absolute Gasteiger partial charge is 0.221 e. The molecule has 1 heterocycles. The lowest BCUT2D eigenvalue weighted by Crippen LogP contribution is -2.26. The first-order chi connectivity index (χ1) is 6.63. The fourth-order valence-corrected chi connectivity index (χ4v) is 2.17. The number of thiazole rings is 1. The van der Waals surface area contributed by atoms with Gasteiger partial charge in [0.05, 0.1) is 6.04 Å². The van der Waals surface area contributed by atoms with E-state index in [0.29, 0.717) is 11.8 Å². The Hall–Kier alpha value is -0.420. The number of amides is 1. The lowest BCUT2D eigenvalue weighted by atomic mass is 10.3. The highest BCUT2D eigenvalue weighted by atomic mass is 79.9. The summed E-state index contributed by atoms with van der Waals surface area (Å²) in [6.07, 6.45) is 2.34. The second-order valence-corrected chi connectivity index (χ2v) is 5.10. The summed E-state index contributed by atoms with van der Waals surface area (Å²) in [6, 6.07) is 0.0141. The van der Waals surface area contributed by atoms with Crippen LogP contribution in [0.5, 0.6) is 0 Å². The predicted molar refractivity (Wildman–Crippen MR) is 61.8 cm³/mol. The number of halogens is 1. The quantitative estimate of drug-likeness (QED) is 0.859. The molecule has 0 saturated carbocycles. The highest BCUT2D eigenvalue weighted by Gasteiger charge is 2.11. The lowest BCUT2D eigenvalue weighted by Gasteiger charge is -2.09. The van der Waals surface area contributed by atoms with E-state index < -0.39 is 0 Å². The monoisotopic (exact) mass is 276 g/mol. The van der Waals surface area contributed by atoms with Crippen molar-refractivity contribution in [2.24, 2.45) is 0 Å². The number of aryl methyl sites for hydroxylation is 1. The fraction of sp³-hybridized carbons (Fsp3) is 0.556. The van der Waals surface area contributed by atoms with E-state index in [9.17, 15) is 4.79 Å². The number of carbonyl (C=O) groups is 1. The minimum atomic E-state index is 0.0141. The molecule has 1 N–H and O–H groups in total. The molecule has 0 bridgehead atoms. The number of carbonyl (C=O) groups excluding carboxylic acids is 1. The molecule has 1 amide bonds. The first-order valence-electron chi connectivity index (χ1n) is 4.41. The molecule has 3 nitrogen and oxygen atoms in total. The molecule has 5 heteroatoms. The maximum absolute atomic E-state index is 11.3. The first-order valence-corrected chi connectivity index (χ1v) is 6.35. The zero-order valence-electron chi connectivity index (χ0n) is 8.21. The maximum Gasteiger partial charge on any atom is 0.221 e. The summed E-state index contributed by atoms with van der Waals surface area (Å²) in [5.74, 6) is 0.0576. The SMILES string of the molecule is Cc1cnc(C(C)NC(=O)CCBr)s1. The van der Waals surface area contributed by atoms with Gasteiger partial charge in [-0.2, -0.15) is 0 Å². The van der Waals surface area contributed by atoms with Gasteiger partial charge in [0.2, 0.25) is 5.91 Å². The van der Waals surface area contributed by atoms with Gasteiger partial charge >= 0.3 is 0 Å². The molecule has 0 saturated heterocycles. The Morgan fingerprint density at radius 3 is 3.00 bits per heavy atom. The molecule has 1 unspecified atom stereocenters. The van der Waals surface area contributed by atoms with Gasteiger partial charge in [-0.1, -0.05) is 15.9 Å². The molecule has 0 aromatic carbocycles. The van der Waals surface area contributed by atoms with Crippen molar-refractivity contribution in [1.82, 2.24) is 10.3 Å². The maximum atomic E-state index is 11.3. The third-order valence-electron chi connectivity index (χ3n) is 1.71. The summed E-state index contributed by atoms with van der Waals surface area (Å²) in [4.78, 5) is 16.7. The third kappa shape index (κ3) is 3.38. The molecule has 0 aliphatic carbocycles. The Balaban J connectivity index is 2.50. The zero-order valence-corrected chi connectivity index (χ0v) is 10.6. The normalized spacial score (nSPS) is 12.5. The molecule has 1 rings (SSSR count). The van der Waals surface area contributed by atoms with Crippen molar-refractivity contribution < 1.29 is 4.79 Å². The van der Waals surface area contributed by atoms with Crippen LogP contribution in [-0.2, 0) is 4.79 Å². The summed E-state index contributed by atoms with van der Waals surface area (Å²) in [7, 11) is 0. The van der Waals surface area contributed by atoms with Crippen molar-refractivity contribution in [1.29, 1.82) is 0 Å². The summed E-state index contributed by atoms with van der Waals surface area (Å²) in [5.41, 5.74) is 0. The van der Waals surface area contributed by atoms with Gasteiger partial charge in [-0.25, -0.2) is 4.98 Å². The Morgan fingerprint density at radius 1 is 1.79 bits per heavy atom. The molecular formula is C9H13BrN2OS. The van der Waals surface area contributed by atoms with Gasteiger partial charge in [0, 0.05) is 22.8 Å². The van der Waals surface area contributed by atoms with E-state index in [0.717, 1.165) is 5.01 Å². The molecule has 0 fully saturated rings. The zero-order chi connectivity index (χ0) is 10.6. The largest absolute Gasteiger partial charge is 0.347 e. The van der Waals surface area contributed by atoms with Crippen LogP contribution in [0.15, 0.2) is 6.20 Å². The molecule has 78 valence electrons. The topological polar surface area (TPSA) is 42.0 Å². The second-order valence-electron chi connectivity index (χ2n) is 3.04. The van der Waals surface area contributed by atoms with Gasteiger partial charge in [0.1, 0.15) is 5.01 Å². The predicted octanol–water partition coefficient (Wildman–Crippen LogP) is 2.41. The number of nitrogens with one attached hydrogen (secondary N) is 1. The van der Waals surface area contributed by atoms with Crippen LogP contribution in [0.25, 0.3) is 0 Å². The van der Waals surface area contributed by atoms with Crippen molar-refractivity contribution in [2.45, 2.75) is 26.3 Å². The second kappa shape index (κ2) is 5.46.